The van der Waals surface area contributed by atoms with E-state index in [2.05, 4.69) is 19.1 Å². The van der Waals surface area contributed by atoms with Crippen LogP contribution in [0.1, 0.15) is 82.1 Å². The highest BCUT2D eigenvalue weighted by atomic mass is 16.6. The van der Waals surface area contributed by atoms with Crippen molar-refractivity contribution < 1.29 is 19.1 Å². The zero-order valence-corrected chi connectivity index (χ0v) is 19.5. The van der Waals surface area contributed by atoms with Crippen molar-refractivity contribution in [2.75, 3.05) is 6.61 Å². The van der Waals surface area contributed by atoms with Gasteiger partial charge in [0.25, 0.3) is 0 Å². The van der Waals surface area contributed by atoms with Crippen molar-refractivity contribution in [2.45, 2.75) is 84.8 Å². The Bertz CT molecular complexity index is 815. The highest BCUT2D eigenvalue weighted by Crippen LogP contribution is 2.16. The quantitative estimate of drug-likeness (QED) is 0.291. The molecule has 5 heteroatoms. The normalized spacial score (nSPS) is 11.4. The number of nitrogens with zero attached hydrogens (tertiary/aromatic N) is 1. The molecule has 31 heavy (non-hydrogen) atoms. The summed E-state index contributed by atoms with van der Waals surface area (Å²) in [5, 5.41) is 0. The molecule has 1 heterocycles. The minimum absolute atomic E-state index is 0.00325. The van der Waals surface area contributed by atoms with Crippen LogP contribution in [0.2, 0.25) is 0 Å². The minimum atomic E-state index is -0.549. The lowest BCUT2D eigenvalue weighted by Gasteiger charge is -2.18. The zero-order chi connectivity index (χ0) is 22.7. The summed E-state index contributed by atoms with van der Waals surface area (Å²) in [6.45, 7) is 7.85. The topological polar surface area (TPSA) is 57.5 Å². The van der Waals surface area contributed by atoms with Crippen molar-refractivity contribution >= 4 is 11.8 Å². The van der Waals surface area contributed by atoms with Crippen molar-refractivity contribution in [3.63, 3.8) is 0 Å². The van der Waals surface area contributed by atoms with Gasteiger partial charge in [-0.2, -0.15) is 0 Å². The summed E-state index contributed by atoms with van der Waals surface area (Å²) in [7, 11) is 0. The second-order valence-electron chi connectivity index (χ2n) is 9.06. The Morgan fingerprint density at radius 2 is 1.61 bits per heavy atom. The second kappa shape index (κ2) is 12.3. The molecular formula is C26H37NO4. The fraction of sp³-hybridized carbons (Fsp3) is 0.538. The van der Waals surface area contributed by atoms with Gasteiger partial charge in [0.15, 0.2) is 5.78 Å². The largest absolute Gasteiger partial charge is 0.486 e. The van der Waals surface area contributed by atoms with Crippen LogP contribution in [0.3, 0.4) is 0 Å². The number of benzene rings is 1. The third-order valence-corrected chi connectivity index (χ3v) is 4.89. The van der Waals surface area contributed by atoms with Gasteiger partial charge in [-0.15, -0.1) is 0 Å². The summed E-state index contributed by atoms with van der Waals surface area (Å²) >= 11 is 0. The number of Topliss-reactive ketones (excluding diaryl/α,β-unsaturated/α-hetero) is 1. The van der Waals surface area contributed by atoms with Crippen LogP contribution in [-0.4, -0.2) is 28.5 Å². The molecule has 0 aliphatic rings. The Morgan fingerprint density at radius 3 is 2.29 bits per heavy atom. The molecule has 0 fully saturated rings. The summed E-state index contributed by atoms with van der Waals surface area (Å²) in [5.74, 6) is 0.237. The lowest BCUT2D eigenvalue weighted by Crippen LogP contribution is -2.23. The number of carbonyl (C=O) groups excluding carboxylic acids is 2. The summed E-state index contributed by atoms with van der Waals surface area (Å²) in [6, 6.07) is 9.66. The van der Waals surface area contributed by atoms with Gasteiger partial charge in [0.1, 0.15) is 18.0 Å². The predicted octanol–water partition coefficient (Wildman–Crippen LogP) is 5.99. The van der Waals surface area contributed by atoms with Gasteiger partial charge in [0.2, 0.25) is 0 Å². The standard InChI is InChI=1S/C26H37NO4/c1-5-6-7-8-9-10-11-21-12-14-24(15-13-21)30-20-23(28)19-27-17-16-22(18-27)25(29)31-26(2,3)4/h12-18H,5-11,19-20H2,1-4H3. The summed E-state index contributed by atoms with van der Waals surface area (Å²) < 4.78 is 12.6. The first-order valence-corrected chi connectivity index (χ1v) is 11.4. The third-order valence-electron chi connectivity index (χ3n) is 4.89. The molecule has 0 saturated carbocycles. The molecule has 1 aromatic heterocycles. The number of unbranched alkanes of at least 4 members (excludes halogenated alkanes) is 5. The van der Waals surface area contributed by atoms with Crippen LogP contribution in [0.15, 0.2) is 42.7 Å². The molecule has 0 aliphatic heterocycles. The van der Waals surface area contributed by atoms with Crippen LogP contribution in [0.5, 0.6) is 5.75 Å². The Morgan fingerprint density at radius 1 is 0.935 bits per heavy atom. The molecule has 1 aromatic carbocycles. The second-order valence-corrected chi connectivity index (χ2v) is 9.06. The predicted molar refractivity (Wildman–Crippen MR) is 124 cm³/mol. The van der Waals surface area contributed by atoms with E-state index in [0.717, 1.165) is 6.42 Å². The van der Waals surface area contributed by atoms with Crippen LogP contribution in [-0.2, 0) is 22.5 Å². The number of hydrogen-bond acceptors (Lipinski definition) is 4. The number of ether oxygens (including phenoxy) is 2. The Labute approximate surface area is 186 Å². The maximum absolute atomic E-state index is 12.2. The molecule has 0 spiro atoms. The zero-order valence-electron chi connectivity index (χ0n) is 19.5. The van der Waals surface area contributed by atoms with Crippen LogP contribution in [0, 0.1) is 0 Å². The number of aromatic nitrogens is 1. The van der Waals surface area contributed by atoms with Crippen LogP contribution in [0.4, 0.5) is 0 Å². The Kier molecular flexibility index (Phi) is 9.83. The van der Waals surface area contributed by atoms with Crippen molar-refractivity contribution in [1.29, 1.82) is 0 Å². The van der Waals surface area contributed by atoms with Crippen LogP contribution >= 0.6 is 0 Å². The molecular weight excluding hydrogens is 390 g/mol. The summed E-state index contributed by atoms with van der Waals surface area (Å²) in [5.41, 5.74) is 1.19. The number of rotatable bonds is 13. The van der Waals surface area contributed by atoms with Gasteiger partial charge in [0, 0.05) is 12.4 Å². The Balaban J connectivity index is 1.71. The van der Waals surface area contributed by atoms with Gasteiger partial charge < -0.3 is 14.0 Å². The van der Waals surface area contributed by atoms with Gasteiger partial charge in [-0.1, -0.05) is 51.2 Å². The van der Waals surface area contributed by atoms with E-state index in [4.69, 9.17) is 9.47 Å². The van der Waals surface area contributed by atoms with E-state index in [9.17, 15) is 9.59 Å². The number of carbonyl (C=O) groups is 2. The molecule has 0 bridgehead atoms. The van der Waals surface area contributed by atoms with Gasteiger partial charge in [0.05, 0.1) is 12.1 Å². The van der Waals surface area contributed by atoms with E-state index in [1.165, 1.54) is 44.1 Å². The smallest absolute Gasteiger partial charge is 0.340 e. The number of aryl methyl sites for hydroxylation is 1. The molecule has 2 rings (SSSR count). The first-order chi connectivity index (χ1) is 14.8. The van der Waals surface area contributed by atoms with Gasteiger partial charge in [-0.3, -0.25) is 4.79 Å². The fourth-order valence-corrected chi connectivity index (χ4v) is 3.27. The molecule has 170 valence electrons. The minimum Gasteiger partial charge on any atom is -0.486 e. The molecule has 0 amide bonds. The first kappa shape index (κ1) is 24.7. The van der Waals surface area contributed by atoms with Gasteiger partial charge >= 0.3 is 5.97 Å². The molecule has 0 aliphatic carbocycles. The van der Waals surface area contributed by atoms with E-state index in [1.807, 2.05) is 32.9 Å². The molecule has 0 atom stereocenters. The number of hydrogen-bond donors (Lipinski definition) is 0. The van der Waals surface area contributed by atoms with E-state index in [0.29, 0.717) is 11.3 Å². The molecule has 0 N–H and O–H groups in total. The molecule has 0 unspecified atom stereocenters. The fourth-order valence-electron chi connectivity index (χ4n) is 3.27. The van der Waals surface area contributed by atoms with Crippen molar-refractivity contribution in [3.05, 3.63) is 53.9 Å². The van der Waals surface area contributed by atoms with E-state index in [1.54, 1.807) is 23.0 Å². The molecule has 2 aromatic rings. The van der Waals surface area contributed by atoms with Crippen LogP contribution in [0.25, 0.3) is 0 Å². The van der Waals surface area contributed by atoms with Gasteiger partial charge in [-0.25, -0.2) is 4.79 Å². The number of ketones is 1. The van der Waals surface area contributed by atoms with Crippen molar-refractivity contribution in [3.8, 4) is 5.75 Å². The maximum atomic E-state index is 12.2. The van der Waals surface area contributed by atoms with Crippen molar-refractivity contribution in [1.82, 2.24) is 4.57 Å². The SMILES string of the molecule is CCCCCCCCc1ccc(OCC(=O)Cn2ccc(C(=O)OC(C)(C)C)c2)cc1. The average Bonchev–Trinajstić information content (AvgIpc) is 3.17. The summed E-state index contributed by atoms with van der Waals surface area (Å²) in [6.07, 6.45) is 12.2. The highest BCUT2D eigenvalue weighted by Gasteiger charge is 2.18. The van der Waals surface area contributed by atoms with Crippen LogP contribution < -0.4 is 4.74 Å². The van der Waals surface area contributed by atoms with Crippen molar-refractivity contribution in [2.24, 2.45) is 0 Å². The molecule has 0 radical (unpaired) electrons. The van der Waals surface area contributed by atoms with E-state index in [-0.39, 0.29) is 18.9 Å². The average molecular weight is 428 g/mol. The Hall–Kier alpha value is -2.56. The molecule has 0 saturated heterocycles. The number of esters is 1. The lowest BCUT2D eigenvalue weighted by molar-refractivity contribution is -0.121. The van der Waals surface area contributed by atoms with E-state index < -0.39 is 11.6 Å². The highest BCUT2D eigenvalue weighted by molar-refractivity contribution is 5.89. The lowest BCUT2D eigenvalue weighted by atomic mass is 10.0. The summed E-state index contributed by atoms with van der Waals surface area (Å²) in [4.78, 5) is 24.3. The van der Waals surface area contributed by atoms with E-state index >= 15 is 0 Å². The molecule has 5 nitrogen and oxygen atoms in total. The third kappa shape index (κ3) is 9.86. The maximum Gasteiger partial charge on any atom is 0.340 e. The monoisotopic (exact) mass is 427 g/mol. The van der Waals surface area contributed by atoms with Gasteiger partial charge in [-0.05, 0) is 57.4 Å². The first-order valence-electron chi connectivity index (χ1n) is 11.4.